The maximum absolute atomic E-state index is 16.8. The maximum atomic E-state index is 16.8. The lowest BCUT2D eigenvalue weighted by atomic mass is 9.95. The Labute approximate surface area is 399 Å². The maximum Gasteiger partial charge on any atom is 0.434 e. The van der Waals surface area contributed by atoms with E-state index in [0.717, 1.165) is 46.4 Å². The predicted octanol–water partition coefficient (Wildman–Crippen LogP) is 8.98. The number of alkyl halides is 3. The number of alkyl carbamates (subject to hydrolysis) is 2. The number of hydrogen-bond acceptors (Lipinski definition) is 11. The molecule has 0 aliphatic carbocycles. The second kappa shape index (κ2) is 18.7. The molecule has 20 heteroatoms. The minimum absolute atomic E-state index is 0.0217. The van der Waals surface area contributed by atoms with Crippen molar-refractivity contribution in [2.75, 3.05) is 27.3 Å². The topological polar surface area (TPSA) is 169 Å². The number of halogens is 4. The Hall–Kier alpha value is -6.57. The number of allylic oxidation sites excluding steroid dienone is 2. The Balaban J connectivity index is 0.990. The molecule has 15 nitrogen and oxygen atoms in total. The molecule has 7 heterocycles. The zero-order valence-corrected chi connectivity index (χ0v) is 39.7. The van der Waals surface area contributed by atoms with Gasteiger partial charge in [-0.15, -0.1) is 11.3 Å². The van der Waals surface area contributed by atoms with E-state index in [0.29, 0.717) is 72.2 Å². The van der Waals surface area contributed by atoms with Crippen LogP contribution in [0.4, 0.5) is 27.2 Å². The summed E-state index contributed by atoms with van der Waals surface area (Å²) in [5, 5.41) is 6.96. The van der Waals surface area contributed by atoms with Crippen LogP contribution in [0.25, 0.3) is 33.3 Å². The molecular weight excluding hydrogens is 921 g/mol. The summed E-state index contributed by atoms with van der Waals surface area (Å²) < 4.78 is 76.5. The van der Waals surface area contributed by atoms with Crippen molar-refractivity contribution in [1.82, 2.24) is 30.0 Å². The van der Waals surface area contributed by atoms with E-state index in [4.69, 9.17) is 24.2 Å². The number of amides is 4. The van der Waals surface area contributed by atoms with Crippen LogP contribution < -0.4 is 15.4 Å². The number of nitrogens with zero attached hydrogens (tertiary/aromatic N) is 6. The second-order valence-corrected chi connectivity index (χ2v) is 19.4. The van der Waals surface area contributed by atoms with Crippen molar-refractivity contribution in [1.29, 1.82) is 0 Å². The molecular formula is C49H52F4N8O7S. The number of methoxy groups -OCH3 is 2. The zero-order valence-electron chi connectivity index (χ0n) is 38.9. The minimum atomic E-state index is -4.70. The number of likely N-dealkylation sites (tertiary alicyclic amines) is 2. The van der Waals surface area contributed by atoms with Gasteiger partial charge in [0.05, 0.1) is 43.1 Å². The monoisotopic (exact) mass is 972 g/mol. The first-order valence-corrected chi connectivity index (χ1v) is 23.8. The Bertz CT molecular complexity index is 2870. The first kappa shape index (κ1) is 47.5. The van der Waals surface area contributed by atoms with Crippen LogP contribution in [0.2, 0.25) is 0 Å². The highest BCUT2D eigenvalue weighted by atomic mass is 32.1. The van der Waals surface area contributed by atoms with Gasteiger partial charge in [-0.3, -0.25) is 24.1 Å². The van der Waals surface area contributed by atoms with Crippen molar-refractivity contribution in [2.45, 2.75) is 103 Å². The number of carbonyl (C=O) groups is 4. The second-order valence-electron chi connectivity index (χ2n) is 18.5. The Morgan fingerprint density at radius 3 is 1.88 bits per heavy atom. The lowest BCUT2D eigenvalue weighted by molar-refractivity contribution is -0.141. The molecule has 4 amide bonds. The first-order valence-electron chi connectivity index (χ1n) is 23.0. The molecule has 2 saturated heterocycles. The van der Waals surface area contributed by atoms with Gasteiger partial charge >= 0.3 is 18.4 Å². The van der Waals surface area contributed by atoms with Gasteiger partial charge in [0, 0.05) is 60.5 Å². The SMILES string of the molecule is COC(=O)N[C@H](C(=O)N1CCC[C@H]1C1=NC=C(c2cc(F)c3c(c2)OC(c2nc(C(F)(F)F)cs2)n2c-3cc3cc(C4=CN=C([C@@H]5CCCN5C(=O)[C@@H](NC(=O)OC)C(C)C)C4)ccc32)C1)C(C)C. The average molecular weight is 973 g/mol. The van der Waals surface area contributed by atoms with Crippen molar-refractivity contribution in [3.8, 4) is 17.0 Å². The molecule has 5 atom stereocenters. The van der Waals surface area contributed by atoms with E-state index in [-0.39, 0.29) is 52.1 Å². The molecule has 1 unspecified atom stereocenters. The highest BCUT2D eigenvalue weighted by Gasteiger charge is 2.42. The summed E-state index contributed by atoms with van der Waals surface area (Å²) in [6.07, 6.45) is -0.241. The summed E-state index contributed by atoms with van der Waals surface area (Å²) in [5.41, 5.74) is 4.38. The van der Waals surface area contributed by atoms with Gasteiger partial charge in [0.15, 0.2) is 10.7 Å². The molecule has 2 aromatic heterocycles. The van der Waals surface area contributed by atoms with Gasteiger partial charge in [0.2, 0.25) is 18.0 Å². The third-order valence-electron chi connectivity index (χ3n) is 13.5. The summed E-state index contributed by atoms with van der Waals surface area (Å²) in [4.78, 5) is 68.8. The fourth-order valence-corrected chi connectivity index (χ4v) is 10.9. The normalized spacial score (nSPS) is 20.8. The van der Waals surface area contributed by atoms with Gasteiger partial charge in [-0.25, -0.2) is 19.0 Å². The van der Waals surface area contributed by atoms with E-state index < -0.39 is 48.2 Å². The number of rotatable bonds is 11. The fraction of sp³-hybridized carbons (Fsp3) is 0.449. The molecule has 69 heavy (non-hydrogen) atoms. The molecule has 0 spiro atoms. The van der Waals surface area contributed by atoms with Crippen LogP contribution in [0.1, 0.15) is 94.3 Å². The number of hydrogen-bond donors (Lipinski definition) is 2. The molecule has 9 rings (SSSR count). The van der Waals surface area contributed by atoms with E-state index in [1.54, 1.807) is 38.9 Å². The molecule has 2 aromatic carbocycles. The summed E-state index contributed by atoms with van der Waals surface area (Å²) in [7, 11) is 2.49. The van der Waals surface area contributed by atoms with Crippen LogP contribution in [0, 0.1) is 17.7 Å². The van der Waals surface area contributed by atoms with E-state index in [1.807, 2.05) is 45.9 Å². The number of aliphatic imine (C=N–C) groups is 2. The molecule has 0 radical (unpaired) electrons. The summed E-state index contributed by atoms with van der Waals surface area (Å²) >= 11 is 0.795. The van der Waals surface area contributed by atoms with Crippen LogP contribution in [0.15, 0.2) is 64.2 Å². The molecule has 2 fully saturated rings. The predicted molar refractivity (Wildman–Crippen MR) is 251 cm³/mol. The molecule has 5 aliphatic rings. The minimum Gasteiger partial charge on any atom is -0.462 e. The van der Waals surface area contributed by atoms with Crippen molar-refractivity contribution < 1.29 is 51.0 Å². The Kier molecular flexibility index (Phi) is 12.9. The number of benzene rings is 2. The van der Waals surface area contributed by atoms with Gasteiger partial charge in [-0.2, -0.15) is 13.2 Å². The largest absolute Gasteiger partial charge is 0.462 e. The van der Waals surface area contributed by atoms with E-state index in [2.05, 4.69) is 15.6 Å². The Morgan fingerprint density at radius 2 is 1.36 bits per heavy atom. The average Bonchev–Trinajstić information content (AvgIpc) is 4.18. The lowest BCUT2D eigenvalue weighted by Gasteiger charge is -2.31. The van der Waals surface area contributed by atoms with E-state index in [1.165, 1.54) is 20.3 Å². The number of ether oxygens (including phenoxy) is 3. The zero-order chi connectivity index (χ0) is 49.1. The fourth-order valence-electron chi connectivity index (χ4n) is 10.0. The summed E-state index contributed by atoms with van der Waals surface area (Å²) in [6, 6.07) is 8.30. The number of nitrogens with one attached hydrogen (secondary N) is 2. The third-order valence-corrected chi connectivity index (χ3v) is 14.4. The van der Waals surface area contributed by atoms with Crippen molar-refractivity contribution in [3.05, 3.63) is 81.8 Å². The van der Waals surface area contributed by atoms with Crippen LogP contribution in [-0.4, -0.2) is 106 Å². The van der Waals surface area contributed by atoms with Crippen molar-refractivity contribution >= 4 is 68.8 Å². The van der Waals surface area contributed by atoms with Crippen molar-refractivity contribution in [3.63, 3.8) is 0 Å². The van der Waals surface area contributed by atoms with E-state index >= 15 is 4.39 Å². The molecule has 4 aromatic rings. The van der Waals surface area contributed by atoms with Crippen LogP contribution in [0.5, 0.6) is 5.75 Å². The number of fused-ring (bicyclic) bond motifs is 5. The smallest absolute Gasteiger partial charge is 0.434 e. The highest BCUT2D eigenvalue weighted by molar-refractivity contribution is 7.09. The highest BCUT2D eigenvalue weighted by Crippen LogP contribution is 2.48. The van der Waals surface area contributed by atoms with Gasteiger partial charge < -0.3 is 34.6 Å². The number of thiazole rings is 1. The van der Waals surface area contributed by atoms with Gasteiger partial charge in [-0.05, 0) is 90.1 Å². The van der Waals surface area contributed by atoms with Gasteiger partial charge in [0.25, 0.3) is 0 Å². The molecule has 0 saturated carbocycles. The van der Waals surface area contributed by atoms with Crippen LogP contribution >= 0.6 is 11.3 Å². The molecule has 0 bridgehead atoms. The molecule has 364 valence electrons. The summed E-state index contributed by atoms with van der Waals surface area (Å²) in [6.45, 7) is 8.38. The molecule has 2 N–H and O–H groups in total. The van der Waals surface area contributed by atoms with Gasteiger partial charge in [-0.1, -0.05) is 33.8 Å². The quantitative estimate of drug-likeness (QED) is 0.140. The third kappa shape index (κ3) is 8.98. The first-order chi connectivity index (χ1) is 32.9. The van der Waals surface area contributed by atoms with Crippen LogP contribution in [-0.2, 0) is 25.2 Å². The Morgan fingerprint density at radius 1 is 0.797 bits per heavy atom. The summed E-state index contributed by atoms with van der Waals surface area (Å²) in [5.74, 6) is -1.35. The molecule has 5 aliphatic heterocycles. The standard InChI is InChI=1S/C49H52F4N8O7S/c1-24(2)41(57-47(64)66-5)44(62)59-13-7-9-35(59)32-17-29(21-54-32)26-11-12-34-28(15-26)19-37-40-31(50)16-27(20-38(40)68-46(61(34)37)43-56-39(23-69-43)49(51,52)53)30-18-33(55-22-30)36-10-8-14-60(36)45(63)42(25(3)4)58-48(65)67-6/h11-12,15-16,19-25,35-36,41-42,46H,7-10,13-14,17-18H2,1-6H3,(H,57,64)(H,58,65)/t35-,36-,41-,42-,46?/m0/s1. The lowest BCUT2D eigenvalue weighted by Crippen LogP contribution is -2.53. The van der Waals surface area contributed by atoms with Crippen LogP contribution in [0.3, 0.4) is 0 Å². The number of carbonyl (C=O) groups excluding carboxylic acids is 4. The van der Waals surface area contributed by atoms with Crippen molar-refractivity contribution in [2.24, 2.45) is 21.8 Å². The number of aromatic nitrogens is 2. The van der Waals surface area contributed by atoms with E-state index in [9.17, 15) is 32.3 Å². The van der Waals surface area contributed by atoms with Gasteiger partial charge in [0.1, 0.15) is 23.7 Å².